The molecule has 1 aliphatic rings. The normalized spacial score (nSPS) is 13.9. The van der Waals surface area contributed by atoms with Gasteiger partial charge in [0.25, 0.3) is 0 Å². The van der Waals surface area contributed by atoms with Crippen LogP contribution in [0.5, 0.6) is 5.75 Å². The van der Waals surface area contributed by atoms with Crippen LogP contribution in [0.4, 0.5) is 5.69 Å². The van der Waals surface area contributed by atoms with Crippen LogP contribution in [0.3, 0.4) is 0 Å². The van der Waals surface area contributed by atoms with E-state index in [0.29, 0.717) is 32.6 Å². The Labute approximate surface area is 201 Å². The van der Waals surface area contributed by atoms with Crippen LogP contribution >= 0.6 is 0 Å². The van der Waals surface area contributed by atoms with Crippen molar-refractivity contribution in [3.05, 3.63) is 58.7 Å². The smallest absolute Gasteiger partial charge is 0.243 e. The van der Waals surface area contributed by atoms with Crippen molar-refractivity contribution in [1.29, 1.82) is 0 Å². The molecule has 34 heavy (non-hydrogen) atoms. The number of benzene rings is 2. The van der Waals surface area contributed by atoms with Gasteiger partial charge in [0.05, 0.1) is 26.6 Å². The molecule has 0 aliphatic carbocycles. The van der Waals surface area contributed by atoms with Gasteiger partial charge in [-0.3, -0.25) is 19.3 Å². The van der Waals surface area contributed by atoms with Crippen LogP contribution in [0.2, 0.25) is 0 Å². The van der Waals surface area contributed by atoms with E-state index in [2.05, 4.69) is 10.6 Å². The molecule has 1 fully saturated rings. The average Bonchev–Trinajstić information content (AvgIpc) is 2.80. The van der Waals surface area contributed by atoms with E-state index in [4.69, 9.17) is 4.74 Å². The highest BCUT2D eigenvalue weighted by Crippen LogP contribution is 2.21. The quantitative estimate of drug-likeness (QED) is 0.622. The van der Waals surface area contributed by atoms with Crippen molar-refractivity contribution in [2.45, 2.75) is 27.2 Å². The SMILES string of the molecule is COc1cccc(CC(=O)N2CCN(CC(=O)NCC(=O)Nc3c(C)cc(C)cc3C)CC2)c1. The van der Waals surface area contributed by atoms with E-state index in [1.165, 1.54) is 0 Å². The molecule has 3 rings (SSSR count). The lowest BCUT2D eigenvalue weighted by atomic mass is 10.1. The number of anilines is 1. The van der Waals surface area contributed by atoms with Crippen molar-refractivity contribution >= 4 is 23.4 Å². The van der Waals surface area contributed by atoms with Crippen LogP contribution in [-0.2, 0) is 20.8 Å². The maximum atomic E-state index is 12.6. The zero-order chi connectivity index (χ0) is 24.7. The fourth-order valence-corrected chi connectivity index (χ4v) is 4.22. The minimum absolute atomic E-state index is 0.0655. The second kappa shape index (κ2) is 11.7. The number of ether oxygens (including phenoxy) is 1. The van der Waals surface area contributed by atoms with Gasteiger partial charge in [0.1, 0.15) is 5.75 Å². The molecule has 0 radical (unpaired) electrons. The van der Waals surface area contributed by atoms with E-state index >= 15 is 0 Å². The molecule has 1 aliphatic heterocycles. The molecule has 0 aromatic heterocycles. The second-order valence-corrected chi connectivity index (χ2v) is 8.78. The zero-order valence-electron chi connectivity index (χ0n) is 20.4. The summed E-state index contributed by atoms with van der Waals surface area (Å²) < 4.78 is 5.22. The number of carbonyl (C=O) groups excluding carboxylic acids is 3. The van der Waals surface area contributed by atoms with Crippen molar-refractivity contribution < 1.29 is 19.1 Å². The number of rotatable bonds is 8. The number of carbonyl (C=O) groups is 3. The highest BCUT2D eigenvalue weighted by molar-refractivity contribution is 5.96. The number of amides is 3. The number of nitrogens with one attached hydrogen (secondary N) is 2. The minimum Gasteiger partial charge on any atom is -0.497 e. The second-order valence-electron chi connectivity index (χ2n) is 8.78. The topological polar surface area (TPSA) is 91.0 Å². The van der Waals surface area contributed by atoms with E-state index in [9.17, 15) is 14.4 Å². The Bertz CT molecular complexity index is 1020. The third-order valence-electron chi connectivity index (χ3n) is 5.97. The fraction of sp³-hybridized carbons (Fsp3) is 0.423. The molecule has 182 valence electrons. The Morgan fingerprint density at radius 3 is 2.26 bits per heavy atom. The highest BCUT2D eigenvalue weighted by Gasteiger charge is 2.22. The molecule has 2 N–H and O–H groups in total. The van der Waals surface area contributed by atoms with E-state index < -0.39 is 0 Å². The Hall–Kier alpha value is -3.39. The molecule has 0 spiro atoms. The lowest BCUT2D eigenvalue weighted by Crippen LogP contribution is -2.51. The largest absolute Gasteiger partial charge is 0.497 e. The van der Waals surface area contributed by atoms with Crippen molar-refractivity contribution in [2.75, 3.05) is 51.7 Å². The molecular formula is C26H34N4O4. The summed E-state index contributed by atoms with van der Waals surface area (Å²) in [5.41, 5.74) is 4.84. The third-order valence-corrected chi connectivity index (χ3v) is 5.97. The Balaban J connectivity index is 1.39. The van der Waals surface area contributed by atoms with Crippen LogP contribution in [0, 0.1) is 20.8 Å². The van der Waals surface area contributed by atoms with Crippen molar-refractivity contribution in [2.24, 2.45) is 0 Å². The number of piperazine rings is 1. The average molecular weight is 467 g/mol. The summed E-state index contributed by atoms with van der Waals surface area (Å²) >= 11 is 0. The predicted octanol–water partition coefficient (Wildman–Crippen LogP) is 2.06. The van der Waals surface area contributed by atoms with Gasteiger partial charge in [-0.2, -0.15) is 0 Å². The lowest BCUT2D eigenvalue weighted by Gasteiger charge is -2.34. The highest BCUT2D eigenvalue weighted by atomic mass is 16.5. The Kier molecular flexibility index (Phi) is 8.65. The molecule has 8 heteroatoms. The molecule has 0 unspecified atom stereocenters. The van der Waals surface area contributed by atoms with Gasteiger partial charge in [-0.15, -0.1) is 0 Å². The number of hydrogen-bond acceptors (Lipinski definition) is 5. The minimum atomic E-state index is -0.253. The molecule has 2 aromatic rings. The van der Waals surface area contributed by atoms with E-state index in [1.54, 1.807) is 7.11 Å². The van der Waals surface area contributed by atoms with Crippen molar-refractivity contribution in [3.63, 3.8) is 0 Å². The predicted molar refractivity (Wildman–Crippen MR) is 132 cm³/mol. The zero-order valence-corrected chi connectivity index (χ0v) is 20.4. The van der Waals surface area contributed by atoms with Gasteiger partial charge in [0.15, 0.2) is 0 Å². The van der Waals surface area contributed by atoms with Crippen LogP contribution < -0.4 is 15.4 Å². The van der Waals surface area contributed by atoms with Gasteiger partial charge >= 0.3 is 0 Å². The van der Waals surface area contributed by atoms with Crippen LogP contribution in [-0.4, -0.2) is 73.9 Å². The summed E-state index contributed by atoms with van der Waals surface area (Å²) in [5, 5.41) is 5.58. The lowest BCUT2D eigenvalue weighted by molar-refractivity contribution is -0.132. The summed E-state index contributed by atoms with van der Waals surface area (Å²) in [5.74, 6) is 0.342. The fourth-order valence-electron chi connectivity index (χ4n) is 4.22. The molecule has 1 heterocycles. The first-order valence-electron chi connectivity index (χ1n) is 11.5. The third kappa shape index (κ3) is 7.05. The molecule has 8 nitrogen and oxygen atoms in total. The van der Waals surface area contributed by atoms with Gasteiger partial charge < -0.3 is 20.3 Å². The molecular weight excluding hydrogens is 432 g/mol. The summed E-state index contributed by atoms with van der Waals surface area (Å²) in [6.45, 7) is 8.42. The van der Waals surface area contributed by atoms with Crippen molar-refractivity contribution in [1.82, 2.24) is 15.1 Å². The maximum Gasteiger partial charge on any atom is 0.243 e. The number of methoxy groups -OCH3 is 1. The summed E-state index contributed by atoms with van der Waals surface area (Å²) in [6, 6.07) is 11.5. The first kappa shape index (κ1) is 25.2. The van der Waals surface area contributed by atoms with Gasteiger partial charge in [-0.25, -0.2) is 0 Å². The van der Waals surface area contributed by atoms with Crippen LogP contribution in [0.25, 0.3) is 0 Å². The van der Waals surface area contributed by atoms with E-state index in [1.807, 2.05) is 67.0 Å². The standard InChI is InChI=1S/C26H34N4O4/c1-18-12-19(2)26(20(3)13-18)28-23(31)16-27-24(32)17-29-8-10-30(11-9-29)25(33)15-21-6-5-7-22(14-21)34-4/h5-7,12-14H,8-11,15-17H2,1-4H3,(H,27,32)(H,28,31). The molecule has 0 atom stereocenters. The maximum absolute atomic E-state index is 12.6. The van der Waals surface area contributed by atoms with Gasteiger partial charge in [-0.1, -0.05) is 29.8 Å². The monoisotopic (exact) mass is 466 g/mol. The molecule has 2 aromatic carbocycles. The van der Waals surface area contributed by atoms with Gasteiger partial charge in [0.2, 0.25) is 17.7 Å². The van der Waals surface area contributed by atoms with E-state index in [-0.39, 0.29) is 30.8 Å². The van der Waals surface area contributed by atoms with Crippen molar-refractivity contribution in [3.8, 4) is 5.75 Å². The molecule has 1 saturated heterocycles. The number of hydrogen-bond donors (Lipinski definition) is 2. The van der Waals surface area contributed by atoms with E-state index in [0.717, 1.165) is 33.7 Å². The Morgan fingerprint density at radius 2 is 1.62 bits per heavy atom. The first-order chi connectivity index (χ1) is 16.2. The van der Waals surface area contributed by atoms with Gasteiger partial charge in [0, 0.05) is 31.9 Å². The first-order valence-corrected chi connectivity index (χ1v) is 11.5. The molecule has 3 amide bonds. The molecule has 0 saturated carbocycles. The Morgan fingerprint density at radius 1 is 0.941 bits per heavy atom. The van der Waals surface area contributed by atoms with Crippen LogP contribution in [0.1, 0.15) is 22.3 Å². The van der Waals surface area contributed by atoms with Gasteiger partial charge in [-0.05, 0) is 49.6 Å². The summed E-state index contributed by atoms with van der Waals surface area (Å²) in [7, 11) is 1.61. The summed E-state index contributed by atoms with van der Waals surface area (Å²) in [6.07, 6.45) is 0.326. The number of aryl methyl sites for hydroxylation is 3. The van der Waals surface area contributed by atoms with Crippen LogP contribution in [0.15, 0.2) is 36.4 Å². The number of nitrogens with zero attached hydrogens (tertiary/aromatic N) is 2. The summed E-state index contributed by atoms with van der Waals surface area (Å²) in [4.78, 5) is 41.1. The molecule has 0 bridgehead atoms.